The first-order valence-corrected chi connectivity index (χ1v) is 11.1. The molecule has 0 saturated heterocycles. The van der Waals surface area contributed by atoms with Gasteiger partial charge in [0.25, 0.3) is 0 Å². The maximum Gasteiger partial charge on any atom is 0.336 e. The molecule has 0 atom stereocenters. The van der Waals surface area contributed by atoms with Crippen LogP contribution in [-0.2, 0) is 19.1 Å². The Morgan fingerprint density at radius 3 is 1.90 bits per heavy atom. The van der Waals surface area contributed by atoms with Gasteiger partial charge in [-0.3, -0.25) is 0 Å². The summed E-state index contributed by atoms with van der Waals surface area (Å²) in [5.41, 5.74) is 1.57. The molecule has 2 heterocycles. The number of aryl methyl sites for hydroxylation is 1. The van der Waals surface area contributed by atoms with Crippen molar-refractivity contribution in [2.45, 2.75) is 33.6 Å². The fourth-order valence-corrected chi connectivity index (χ4v) is 4.38. The van der Waals surface area contributed by atoms with Crippen LogP contribution in [0.15, 0.2) is 59.9 Å². The topological polar surface area (TPSA) is 65.1 Å². The van der Waals surface area contributed by atoms with Crippen LogP contribution >= 0.6 is 11.3 Å². The highest BCUT2D eigenvalue weighted by atomic mass is 32.1. The van der Waals surface area contributed by atoms with Crippen LogP contribution in [0, 0.1) is 6.92 Å². The molecule has 1 aromatic carbocycles. The minimum atomic E-state index is -0.546. The van der Waals surface area contributed by atoms with Gasteiger partial charge in [-0.15, -0.1) is 11.3 Å². The molecule has 31 heavy (non-hydrogen) atoms. The van der Waals surface area contributed by atoms with Gasteiger partial charge in [0.15, 0.2) is 0 Å². The number of hydrogen-bond acceptors (Lipinski definition) is 7. The third-order valence-electron chi connectivity index (χ3n) is 4.69. The molecule has 0 unspecified atom stereocenters. The highest BCUT2D eigenvalue weighted by Crippen LogP contribution is 2.41. The molecule has 1 aromatic heterocycles. The Balaban J connectivity index is 2.09. The standard InChI is InChI=1S/C24H27NO5S/c1-5-28-18-11-9-17(10-12-18)25-14-19(23(26)29-6-2)22(21-13-8-16(4)31-21)20(15-25)24(27)30-7-3/h8-15,22H,5-7H2,1-4H3. The van der Waals surface area contributed by atoms with Gasteiger partial charge in [0.1, 0.15) is 5.75 Å². The number of thiophene rings is 1. The number of carbonyl (C=O) groups is 2. The molecule has 0 saturated carbocycles. The minimum Gasteiger partial charge on any atom is -0.494 e. The van der Waals surface area contributed by atoms with Crippen molar-refractivity contribution in [3.8, 4) is 5.75 Å². The highest BCUT2D eigenvalue weighted by Gasteiger charge is 2.36. The summed E-state index contributed by atoms with van der Waals surface area (Å²) in [6.45, 7) is 8.50. The van der Waals surface area contributed by atoms with Crippen LogP contribution < -0.4 is 9.64 Å². The van der Waals surface area contributed by atoms with Crippen molar-refractivity contribution in [1.82, 2.24) is 0 Å². The van der Waals surface area contributed by atoms with Crippen molar-refractivity contribution in [3.05, 3.63) is 69.7 Å². The second-order valence-electron chi connectivity index (χ2n) is 6.83. The van der Waals surface area contributed by atoms with Gasteiger partial charge in [-0.2, -0.15) is 0 Å². The van der Waals surface area contributed by atoms with Gasteiger partial charge >= 0.3 is 11.9 Å². The zero-order chi connectivity index (χ0) is 22.4. The largest absolute Gasteiger partial charge is 0.494 e. The maximum atomic E-state index is 12.9. The van der Waals surface area contributed by atoms with Gasteiger partial charge in [0.05, 0.1) is 36.9 Å². The predicted molar refractivity (Wildman–Crippen MR) is 121 cm³/mol. The summed E-state index contributed by atoms with van der Waals surface area (Å²) in [6.07, 6.45) is 3.46. The predicted octanol–water partition coefficient (Wildman–Crippen LogP) is 4.95. The quantitative estimate of drug-likeness (QED) is 0.540. The van der Waals surface area contributed by atoms with Crippen molar-refractivity contribution in [3.63, 3.8) is 0 Å². The normalized spacial score (nSPS) is 14.0. The molecule has 7 heteroatoms. The van der Waals surface area contributed by atoms with E-state index in [1.165, 1.54) is 0 Å². The average Bonchev–Trinajstić information content (AvgIpc) is 3.20. The molecule has 0 spiro atoms. The van der Waals surface area contributed by atoms with E-state index in [2.05, 4.69) is 0 Å². The van der Waals surface area contributed by atoms with E-state index in [-0.39, 0.29) is 13.2 Å². The Bertz CT molecular complexity index is 954. The fraction of sp³-hybridized carbons (Fsp3) is 0.333. The summed E-state index contributed by atoms with van der Waals surface area (Å²) in [6, 6.07) is 11.4. The van der Waals surface area contributed by atoms with Gasteiger partial charge < -0.3 is 19.1 Å². The Hall–Kier alpha value is -3.06. The van der Waals surface area contributed by atoms with E-state index in [9.17, 15) is 9.59 Å². The molecule has 164 valence electrons. The first-order chi connectivity index (χ1) is 15.0. The minimum absolute atomic E-state index is 0.244. The smallest absolute Gasteiger partial charge is 0.336 e. The van der Waals surface area contributed by atoms with Crippen LogP contribution in [-0.4, -0.2) is 31.8 Å². The van der Waals surface area contributed by atoms with Crippen LogP contribution in [0.1, 0.15) is 36.4 Å². The second-order valence-corrected chi connectivity index (χ2v) is 8.14. The molecule has 0 N–H and O–H groups in total. The molecule has 0 aliphatic carbocycles. The van der Waals surface area contributed by atoms with Gasteiger partial charge in [0, 0.05) is 27.8 Å². The first-order valence-electron chi connectivity index (χ1n) is 10.3. The molecule has 0 amide bonds. The Kier molecular flexibility index (Phi) is 7.52. The zero-order valence-electron chi connectivity index (χ0n) is 18.2. The Morgan fingerprint density at radius 1 is 0.871 bits per heavy atom. The summed E-state index contributed by atoms with van der Waals surface area (Å²) in [4.78, 5) is 29.6. The summed E-state index contributed by atoms with van der Waals surface area (Å²) < 4.78 is 16.2. The van der Waals surface area contributed by atoms with E-state index >= 15 is 0 Å². The number of rotatable bonds is 8. The molecule has 3 rings (SSSR count). The van der Waals surface area contributed by atoms with E-state index in [4.69, 9.17) is 14.2 Å². The number of benzene rings is 1. The summed E-state index contributed by atoms with van der Waals surface area (Å²) in [5, 5.41) is 0. The lowest BCUT2D eigenvalue weighted by atomic mass is 9.87. The van der Waals surface area contributed by atoms with Crippen molar-refractivity contribution in [1.29, 1.82) is 0 Å². The summed E-state index contributed by atoms with van der Waals surface area (Å²) >= 11 is 1.54. The van der Waals surface area contributed by atoms with Gasteiger partial charge in [-0.1, -0.05) is 0 Å². The van der Waals surface area contributed by atoms with Crippen molar-refractivity contribution < 1.29 is 23.8 Å². The number of ether oxygens (including phenoxy) is 3. The van der Waals surface area contributed by atoms with Gasteiger partial charge in [0.2, 0.25) is 0 Å². The van der Waals surface area contributed by atoms with Crippen LogP contribution in [0.3, 0.4) is 0 Å². The Morgan fingerprint density at radius 2 is 1.45 bits per heavy atom. The molecule has 0 bridgehead atoms. The fourth-order valence-electron chi connectivity index (χ4n) is 3.37. The van der Waals surface area contributed by atoms with Gasteiger partial charge in [-0.05, 0) is 64.1 Å². The SMILES string of the molecule is CCOC(=O)C1=CN(c2ccc(OCC)cc2)C=C(C(=O)OCC)C1c1ccc(C)s1. The molecule has 1 aliphatic rings. The average molecular weight is 442 g/mol. The van der Waals surface area contributed by atoms with Crippen LogP contribution in [0.5, 0.6) is 5.75 Å². The number of esters is 2. The van der Waals surface area contributed by atoms with Crippen molar-refractivity contribution >= 4 is 29.0 Å². The molecule has 0 radical (unpaired) electrons. The van der Waals surface area contributed by atoms with Crippen LogP contribution in [0.2, 0.25) is 0 Å². The molecule has 1 aliphatic heterocycles. The lowest BCUT2D eigenvalue weighted by Gasteiger charge is -2.29. The summed E-state index contributed by atoms with van der Waals surface area (Å²) in [7, 11) is 0. The number of carbonyl (C=O) groups excluding carboxylic acids is 2. The van der Waals surface area contributed by atoms with E-state index in [0.717, 1.165) is 21.2 Å². The number of nitrogens with zero attached hydrogens (tertiary/aromatic N) is 1. The van der Waals surface area contributed by atoms with Gasteiger partial charge in [-0.25, -0.2) is 9.59 Å². The van der Waals surface area contributed by atoms with Crippen molar-refractivity contribution in [2.75, 3.05) is 24.7 Å². The molecular weight excluding hydrogens is 414 g/mol. The first kappa shape index (κ1) is 22.6. The molecule has 0 fully saturated rings. The highest BCUT2D eigenvalue weighted by molar-refractivity contribution is 7.12. The maximum absolute atomic E-state index is 12.9. The van der Waals surface area contributed by atoms with E-state index in [0.29, 0.717) is 17.8 Å². The third kappa shape index (κ3) is 5.17. The number of hydrogen-bond donors (Lipinski definition) is 0. The van der Waals surface area contributed by atoms with Crippen molar-refractivity contribution in [2.24, 2.45) is 0 Å². The zero-order valence-corrected chi connectivity index (χ0v) is 19.0. The number of anilines is 1. The Labute approximate surface area is 186 Å². The van der Waals surface area contributed by atoms with E-state index < -0.39 is 17.9 Å². The van der Waals surface area contributed by atoms with E-state index in [1.807, 2.05) is 50.2 Å². The summed E-state index contributed by atoms with van der Waals surface area (Å²) in [5.74, 6) is -0.705. The second kappa shape index (κ2) is 10.3. The van der Waals surface area contributed by atoms with Crippen LogP contribution in [0.25, 0.3) is 0 Å². The molecular formula is C24H27NO5S. The monoisotopic (exact) mass is 441 g/mol. The molecule has 2 aromatic rings. The lowest BCUT2D eigenvalue weighted by Crippen LogP contribution is -2.29. The van der Waals surface area contributed by atoms with Crippen LogP contribution in [0.4, 0.5) is 5.69 Å². The molecule has 6 nitrogen and oxygen atoms in total. The van der Waals surface area contributed by atoms with E-state index in [1.54, 1.807) is 42.5 Å². The lowest BCUT2D eigenvalue weighted by molar-refractivity contribution is -0.139. The third-order valence-corrected chi connectivity index (χ3v) is 5.76.